The van der Waals surface area contributed by atoms with Gasteiger partial charge in [-0.1, -0.05) is 12.1 Å². The van der Waals surface area contributed by atoms with Crippen LogP contribution in [0, 0.1) is 0 Å². The molecule has 0 saturated carbocycles. The molecule has 0 fully saturated rings. The molecule has 9 heteroatoms. The molecular formula is C17H28IN5O3. The number of hydrogen-bond donors (Lipinski definition) is 4. The fourth-order valence-corrected chi connectivity index (χ4v) is 1.90. The molecule has 146 valence electrons. The summed E-state index contributed by atoms with van der Waals surface area (Å²) in [5, 5.41) is 8.85. The number of nitrogens with two attached hydrogens (primary N) is 1. The minimum Gasteiger partial charge on any atom is -0.444 e. The van der Waals surface area contributed by atoms with Gasteiger partial charge in [0.1, 0.15) is 5.60 Å². The Morgan fingerprint density at radius 2 is 1.81 bits per heavy atom. The van der Waals surface area contributed by atoms with E-state index in [-0.39, 0.29) is 24.0 Å². The molecule has 1 aromatic carbocycles. The highest BCUT2D eigenvalue weighted by atomic mass is 127. The van der Waals surface area contributed by atoms with Crippen LogP contribution in [0.1, 0.15) is 36.7 Å². The van der Waals surface area contributed by atoms with Gasteiger partial charge in [0.15, 0.2) is 5.96 Å². The summed E-state index contributed by atoms with van der Waals surface area (Å²) in [4.78, 5) is 26.8. The van der Waals surface area contributed by atoms with E-state index in [4.69, 9.17) is 10.5 Å². The normalized spacial score (nSPS) is 11.2. The molecule has 0 radical (unpaired) electrons. The van der Waals surface area contributed by atoms with Crippen LogP contribution in [0.5, 0.6) is 0 Å². The molecule has 0 bridgehead atoms. The van der Waals surface area contributed by atoms with E-state index in [0.29, 0.717) is 31.2 Å². The van der Waals surface area contributed by atoms with Gasteiger partial charge in [0.05, 0.1) is 0 Å². The lowest BCUT2D eigenvalue weighted by Crippen LogP contribution is -2.42. The summed E-state index contributed by atoms with van der Waals surface area (Å²) < 4.78 is 5.15. The van der Waals surface area contributed by atoms with Gasteiger partial charge in [0, 0.05) is 32.2 Å². The molecule has 0 saturated heterocycles. The van der Waals surface area contributed by atoms with Crippen LogP contribution in [0.2, 0.25) is 0 Å². The maximum atomic E-state index is 11.5. The zero-order chi connectivity index (χ0) is 18.9. The Kier molecular flexibility index (Phi) is 10.6. The van der Waals surface area contributed by atoms with E-state index >= 15 is 0 Å². The lowest BCUT2D eigenvalue weighted by molar-refractivity contribution is 0.0528. The first-order chi connectivity index (χ1) is 11.7. The molecule has 5 N–H and O–H groups in total. The Morgan fingerprint density at radius 3 is 2.38 bits per heavy atom. The second kappa shape index (κ2) is 11.6. The van der Waals surface area contributed by atoms with Crippen LogP contribution in [0.3, 0.4) is 0 Å². The van der Waals surface area contributed by atoms with Crippen LogP contribution in [0.15, 0.2) is 29.3 Å². The molecule has 0 aliphatic rings. The first-order valence-corrected chi connectivity index (χ1v) is 8.01. The minimum atomic E-state index is -0.519. The van der Waals surface area contributed by atoms with Crippen molar-refractivity contribution < 1.29 is 14.3 Å². The molecular weight excluding hydrogens is 449 g/mol. The Balaban J connectivity index is 0.00000625. The smallest absolute Gasteiger partial charge is 0.407 e. The third-order valence-corrected chi connectivity index (χ3v) is 2.98. The van der Waals surface area contributed by atoms with Gasteiger partial charge in [-0.25, -0.2) is 4.79 Å². The van der Waals surface area contributed by atoms with Crippen LogP contribution in [0.4, 0.5) is 4.79 Å². The van der Waals surface area contributed by atoms with Crippen molar-refractivity contribution in [2.75, 3.05) is 20.1 Å². The highest BCUT2D eigenvalue weighted by Crippen LogP contribution is 2.06. The van der Waals surface area contributed by atoms with Crippen molar-refractivity contribution in [1.82, 2.24) is 16.0 Å². The SMILES string of the molecule is CN=C(NCCNC(=O)OC(C)(C)C)NCc1cccc(C(N)=O)c1.I. The maximum absolute atomic E-state index is 11.5. The maximum Gasteiger partial charge on any atom is 0.407 e. The molecule has 1 rings (SSSR count). The van der Waals surface area contributed by atoms with Crippen molar-refractivity contribution in [3.63, 3.8) is 0 Å². The molecule has 0 spiro atoms. The van der Waals surface area contributed by atoms with Crippen LogP contribution in [-0.4, -0.2) is 43.7 Å². The molecule has 26 heavy (non-hydrogen) atoms. The highest BCUT2D eigenvalue weighted by molar-refractivity contribution is 14.0. The van der Waals surface area contributed by atoms with Crippen molar-refractivity contribution in [3.8, 4) is 0 Å². The number of guanidine groups is 1. The zero-order valence-corrected chi connectivity index (χ0v) is 17.9. The number of benzene rings is 1. The van der Waals surface area contributed by atoms with Gasteiger partial charge >= 0.3 is 6.09 Å². The first kappa shape index (κ1) is 24.0. The predicted molar refractivity (Wildman–Crippen MR) is 113 cm³/mol. The average Bonchev–Trinajstić information content (AvgIpc) is 2.52. The lowest BCUT2D eigenvalue weighted by Gasteiger charge is -2.20. The zero-order valence-electron chi connectivity index (χ0n) is 15.6. The molecule has 8 nitrogen and oxygen atoms in total. The van der Waals surface area contributed by atoms with Gasteiger partial charge in [0.25, 0.3) is 0 Å². The van der Waals surface area contributed by atoms with Crippen molar-refractivity contribution >= 4 is 41.9 Å². The number of ether oxygens (including phenoxy) is 1. The van der Waals surface area contributed by atoms with Crippen LogP contribution in [-0.2, 0) is 11.3 Å². The van der Waals surface area contributed by atoms with Crippen molar-refractivity contribution in [2.45, 2.75) is 32.9 Å². The fraction of sp³-hybridized carbons (Fsp3) is 0.471. The Labute approximate surface area is 171 Å². The first-order valence-electron chi connectivity index (χ1n) is 8.01. The van der Waals surface area contributed by atoms with Crippen molar-refractivity contribution in [2.24, 2.45) is 10.7 Å². The fourth-order valence-electron chi connectivity index (χ4n) is 1.90. The quantitative estimate of drug-likeness (QED) is 0.215. The highest BCUT2D eigenvalue weighted by Gasteiger charge is 2.15. The van der Waals surface area contributed by atoms with Gasteiger partial charge in [-0.3, -0.25) is 9.79 Å². The van der Waals surface area contributed by atoms with E-state index in [0.717, 1.165) is 5.56 Å². The number of hydrogen-bond acceptors (Lipinski definition) is 4. The van der Waals surface area contributed by atoms with Crippen LogP contribution in [0.25, 0.3) is 0 Å². The largest absolute Gasteiger partial charge is 0.444 e. The third kappa shape index (κ3) is 10.1. The van der Waals surface area contributed by atoms with E-state index in [1.807, 2.05) is 26.8 Å². The second-order valence-electron chi connectivity index (χ2n) is 6.35. The summed E-state index contributed by atoms with van der Waals surface area (Å²) in [6, 6.07) is 7.06. The molecule has 0 aliphatic heterocycles. The third-order valence-electron chi connectivity index (χ3n) is 2.98. The van der Waals surface area contributed by atoms with Gasteiger partial charge in [0.2, 0.25) is 5.91 Å². The summed E-state index contributed by atoms with van der Waals surface area (Å²) in [5.74, 6) is 0.119. The standard InChI is InChI=1S/C17H27N5O3.HI/c1-17(2,3)25-16(24)21-9-8-20-15(19-4)22-11-12-6-5-7-13(10-12)14(18)23;/h5-7,10H,8-9,11H2,1-4H3,(H2,18,23)(H,21,24)(H2,19,20,22);1H. The summed E-state index contributed by atoms with van der Waals surface area (Å²) in [6.07, 6.45) is -0.458. The molecule has 0 aliphatic carbocycles. The van der Waals surface area contributed by atoms with E-state index in [9.17, 15) is 9.59 Å². The van der Waals surface area contributed by atoms with E-state index in [2.05, 4.69) is 20.9 Å². The summed E-state index contributed by atoms with van der Waals surface area (Å²) >= 11 is 0. The van der Waals surface area contributed by atoms with Crippen LogP contribution < -0.4 is 21.7 Å². The van der Waals surface area contributed by atoms with Crippen molar-refractivity contribution in [1.29, 1.82) is 0 Å². The van der Waals surface area contributed by atoms with Gasteiger partial charge < -0.3 is 26.4 Å². The van der Waals surface area contributed by atoms with Gasteiger partial charge in [-0.2, -0.15) is 0 Å². The van der Waals surface area contributed by atoms with Gasteiger partial charge in [-0.05, 0) is 38.5 Å². The molecule has 1 aromatic rings. The molecule has 2 amide bonds. The van der Waals surface area contributed by atoms with Gasteiger partial charge in [-0.15, -0.1) is 24.0 Å². The summed E-state index contributed by atoms with van der Waals surface area (Å²) in [7, 11) is 1.65. The number of amides is 2. The summed E-state index contributed by atoms with van der Waals surface area (Å²) in [6.45, 7) is 6.80. The Hall–Kier alpha value is -2.04. The molecule has 0 heterocycles. The Morgan fingerprint density at radius 1 is 1.15 bits per heavy atom. The number of carbonyl (C=O) groups excluding carboxylic acids is 2. The number of halogens is 1. The molecule has 0 unspecified atom stereocenters. The molecule has 0 aromatic heterocycles. The topological polar surface area (TPSA) is 118 Å². The summed E-state index contributed by atoms with van der Waals surface area (Å²) in [5.41, 5.74) is 6.12. The van der Waals surface area contributed by atoms with E-state index < -0.39 is 17.6 Å². The monoisotopic (exact) mass is 477 g/mol. The lowest BCUT2D eigenvalue weighted by atomic mass is 10.1. The van der Waals surface area contributed by atoms with E-state index in [1.54, 1.807) is 25.2 Å². The number of aliphatic imine (C=N–C) groups is 1. The minimum absolute atomic E-state index is 0. The number of alkyl carbamates (subject to hydrolysis) is 1. The number of carbonyl (C=O) groups is 2. The Bertz CT molecular complexity index is 629. The van der Waals surface area contributed by atoms with Crippen LogP contribution >= 0.6 is 24.0 Å². The average molecular weight is 477 g/mol. The van der Waals surface area contributed by atoms with Crippen molar-refractivity contribution in [3.05, 3.63) is 35.4 Å². The van der Waals surface area contributed by atoms with E-state index in [1.165, 1.54) is 0 Å². The number of nitrogens with zero attached hydrogens (tertiary/aromatic N) is 1. The number of primary amides is 1. The number of nitrogens with one attached hydrogen (secondary N) is 3. The number of rotatable bonds is 6. The predicted octanol–water partition coefficient (Wildman–Crippen LogP) is 1.59. The second-order valence-corrected chi connectivity index (χ2v) is 6.35. The molecule has 0 atom stereocenters.